The van der Waals surface area contributed by atoms with Crippen LogP contribution in [-0.2, 0) is 6.61 Å². The van der Waals surface area contributed by atoms with Crippen LogP contribution in [0.15, 0.2) is 36.4 Å². The summed E-state index contributed by atoms with van der Waals surface area (Å²) in [5, 5.41) is 0. The Morgan fingerprint density at radius 2 is 1.85 bits per heavy atom. The van der Waals surface area contributed by atoms with Crippen molar-refractivity contribution in [2.75, 3.05) is 0 Å². The van der Waals surface area contributed by atoms with Gasteiger partial charge >= 0.3 is 0 Å². The molecular formula is C15H13F2NO2. The van der Waals surface area contributed by atoms with Gasteiger partial charge in [-0.25, -0.2) is 8.78 Å². The Balaban J connectivity index is 2.15. The Labute approximate surface area is 115 Å². The molecule has 0 saturated carbocycles. The van der Waals surface area contributed by atoms with Gasteiger partial charge in [-0.2, -0.15) is 0 Å². The van der Waals surface area contributed by atoms with Crippen LogP contribution >= 0.6 is 0 Å². The molecule has 0 saturated heterocycles. The lowest BCUT2D eigenvalue weighted by atomic mass is 10.1. The third kappa shape index (κ3) is 3.12. The molecular weight excluding hydrogens is 264 g/mol. The molecule has 0 unspecified atom stereocenters. The van der Waals surface area contributed by atoms with E-state index in [1.54, 1.807) is 6.92 Å². The number of carbonyl (C=O) groups is 1. The van der Waals surface area contributed by atoms with Crippen LogP contribution in [0.1, 0.15) is 21.5 Å². The second-order valence-corrected chi connectivity index (χ2v) is 4.37. The molecule has 104 valence electrons. The summed E-state index contributed by atoms with van der Waals surface area (Å²) in [5.41, 5.74) is 5.99. The number of carbonyl (C=O) groups excluding carboxylic acids is 1. The zero-order chi connectivity index (χ0) is 14.7. The predicted octanol–water partition coefficient (Wildman–Crippen LogP) is 2.95. The Morgan fingerprint density at radius 1 is 1.15 bits per heavy atom. The van der Waals surface area contributed by atoms with Crippen molar-refractivity contribution < 1.29 is 18.3 Å². The maximum absolute atomic E-state index is 13.6. The maximum atomic E-state index is 13.6. The first-order valence-corrected chi connectivity index (χ1v) is 5.94. The zero-order valence-electron chi connectivity index (χ0n) is 10.8. The quantitative estimate of drug-likeness (QED) is 0.934. The van der Waals surface area contributed by atoms with Gasteiger partial charge in [-0.3, -0.25) is 4.79 Å². The molecule has 5 heteroatoms. The van der Waals surface area contributed by atoms with Gasteiger partial charge in [0, 0.05) is 11.1 Å². The largest absolute Gasteiger partial charge is 0.489 e. The van der Waals surface area contributed by atoms with E-state index in [0.29, 0.717) is 11.3 Å². The van der Waals surface area contributed by atoms with Crippen LogP contribution in [0.5, 0.6) is 5.75 Å². The van der Waals surface area contributed by atoms with Gasteiger partial charge in [0.15, 0.2) is 0 Å². The third-order valence-corrected chi connectivity index (χ3v) is 2.85. The summed E-state index contributed by atoms with van der Waals surface area (Å²) in [6.45, 7) is 1.54. The third-order valence-electron chi connectivity index (χ3n) is 2.85. The number of hydrogen-bond donors (Lipinski definition) is 1. The minimum Gasteiger partial charge on any atom is -0.489 e. The first-order chi connectivity index (χ1) is 9.47. The second-order valence-electron chi connectivity index (χ2n) is 4.37. The monoisotopic (exact) mass is 277 g/mol. The van der Waals surface area contributed by atoms with Crippen molar-refractivity contribution in [1.29, 1.82) is 0 Å². The number of halogens is 2. The zero-order valence-corrected chi connectivity index (χ0v) is 10.8. The highest BCUT2D eigenvalue weighted by Crippen LogP contribution is 2.18. The minimum atomic E-state index is -0.635. The molecule has 20 heavy (non-hydrogen) atoms. The molecule has 2 aromatic carbocycles. The van der Waals surface area contributed by atoms with E-state index in [1.165, 1.54) is 30.3 Å². The highest BCUT2D eigenvalue weighted by Gasteiger charge is 2.08. The number of rotatable bonds is 4. The van der Waals surface area contributed by atoms with E-state index in [2.05, 4.69) is 0 Å². The molecule has 0 spiro atoms. The number of primary amides is 1. The van der Waals surface area contributed by atoms with Gasteiger partial charge in [-0.1, -0.05) is 0 Å². The predicted molar refractivity (Wildman–Crippen MR) is 70.4 cm³/mol. The van der Waals surface area contributed by atoms with Crippen LogP contribution in [0, 0.1) is 18.6 Å². The first kappa shape index (κ1) is 14.0. The Morgan fingerprint density at radius 3 is 2.50 bits per heavy atom. The van der Waals surface area contributed by atoms with Crippen molar-refractivity contribution in [3.63, 3.8) is 0 Å². The van der Waals surface area contributed by atoms with Crippen molar-refractivity contribution in [1.82, 2.24) is 0 Å². The van der Waals surface area contributed by atoms with E-state index < -0.39 is 11.7 Å². The first-order valence-electron chi connectivity index (χ1n) is 5.94. The van der Waals surface area contributed by atoms with Gasteiger partial charge in [-0.05, 0) is 48.9 Å². The van der Waals surface area contributed by atoms with Gasteiger partial charge in [-0.15, -0.1) is 0 Å². The van der Waals surface area contributed by atoms with Crippen LogP contribution in [0.25, 0.3) is 0 Å². The maximum Gasteiger partial charge on any atom is 0.248 e. The molecule has 0 fully saturated rings. The van der Waals surface area contributed by atoms with Crippen molar-refractivity contribution in [2.45, 2.75) is 13.5 Å². The summed E-state index contributed by atoms with van der Waals surface area (Å²) in [5.74, 6) is -1.04. The number of amides is 1. The average molecular weight is 277 g/mol. The number of nitrogens with two attached hydrogens (primary N) is 1. The standard InChI is InChI=1S/C15H13F2NO2/c1-9-6-12(3-5-13(9)16)20-8-11-7-10(15(18)19)2-4-14(11)17/h2-7H,8H2,1H3,(H2,18,19). The van der Waals surface area contributed by atoms with Gasteiger partial charge < -0.3 is 10.5 Å². The molecule has 0 bridgehead atoms. The van der Waals surface area contributed by atoms with Gasteiger partial charge in [0.2, 0.25) is 5.91 Å². The van der Waals surface area contributed by atoms with E-state index in [0.717, 1.165) is 6.07 Å². The molecule has 0 atom stereocenters. The lowest BCUT2D eigenvalue weighted by Gasteiger charge is -2.09. The Bertz CT molecular complexity index is 656. The summed E-state index contributed by atoms with van der Waals surface area (Å²) >= 11 is 0. The number of hydrogen-bond acceptors (Lipinski definition) is 2. The summed E-state index contributed by atoms with van der Waals surface area (Å²) in [6.07, 6.45) is 0. The van der Waals surface area contributed by atoms with Crippen molar-refractivity contribution in [3.05, 3.63) is 64.7 Å². The van der Waals surface area contributed by atoms with E-state index in [1.807, 2.05) is 0 Å². The van der Waals surface area contributed by atoms with Crippen molar-refractivity contribution in [3.8, 4) is 5.75 Å². The number of aryl methyl sites for hydroxylation is 1. The SMILES string of the molecule is Cc1cc(OCc2cc(C(N)=O)ccc2F)ccc1F. The van der Waals surface area contributed by atoms with Gasteiger partial charge in [0.1, 0.15) is 24.0 Å². The van der Waals surface area contributed by atoms with Gasteiger partial charge in [0.25, 0.3) is 0 Å². The molecule has 3 nitrogen and oxygen atoms in total. The minimum absolute atomic E-state index is 0.0714. The van der Waals surface area contributed by atoms with E-state index in [-0.39, 0.29) is 23.6 Å². The van der Waals surface area contributed by atoms with Crippen molar-refractivity contribution >= 4 is 5.91 Å². The molecule has 0 aliphatic rings. The van der Waals surface area contributed by atoms with E-state index >= 15 is 0 Å². The molecule has 0 heterocycles. The molecule has 0 aliphatic carbocycles. The lowest BCUT2D eigenvalue weighted by molar-refractivity contribution is 0.1000. The van der Waals surface area contributed by atoms with Crippen molar-refractivity contribution in [2.24, 2.45) is 5.73 Å². The van der Waals surface area contributed by atoms with Crippen LogP contribution < -0.4 is 10.5 Å². The van der Waals surface area contributed by atoms with Crippen LogP contribution in [-0.4, -0.2) is 5.91 Å². The number of benzene rings is 2. The molecule has 0 aliphatic heterocycles. The van der Waals surface area contributed by atoms with Gasteiger partial charge in [0.05, 0.1) is 0 Å². The smallest absolute Gasteiger partial charge is 0.248 e. The van der Waals surface area contributed by atoms with Crippen LogP contribution in [0.3, 0.4) is 0 Å². The molecule has 0 aromatic heterocycles. The van der Waals surface area contributed by atoms with Crippen LogP contribution in [0.2, 0.25) is 0 Å². The van der Waals surface area contributed by atoms with E-state index in [9.17, 15) is 13.6 Å². The average Bonchev–Trinajstić information content (AvgIpc) is 2.41. The highest BCUT2D eigenvalue weighted by atomic mass is 19.1. The molecule has 0 radical (unpaired) electrons. The molecule has 2 N–H and O–H groups in total. The summed E-state index contributed by atoms with van der Waals surface area (Å²) < 4.78 is 32.1. The topological polar surface area (TPSA) is 52.3 Å². The second kappa shape index (κ2) is 5.69. The van der Waals surface area contributed by atoms with E-state index in [4.69, 9.17) is 10.5 Å². The number of ether oxygens (including phenoxy) is 1. The molecule has 2 rings (SSSR count). The highest BCUT2D eigenvalue weighted by molar-refractivity contribution is 5.92. The molecule has 1 amide bonds. The summed E-state index contributed by atoms with van der Waals surface area (Å²) in [7, 11) is 0. The fourth-order valence-corrected chi connectivity index (χ4v) is 1.71. The fraction of sp³-hybridized carbons (Fsp3) is 0.133. The lowest BCUT2D eigenvalue weighted by Crippen LogP contribution is -2.12. The normalized spacial score (nSPS) is 10.3. The Hall–Kier alpha value is -2.43. The fourth-order valence-electron chi connectivity index (χ4n) is 1.71. The summed E-state index contributed by atoms with van der Waals surface area (Å²) in [4.78, 5) is 11.0. The van der Waals surface area contributed by atoms with Crippen LogP contribution in [0.4, 0.5) is 8.78 Å². The summed E-state index contributed by atoms with van der Waals surface area (Å²) in [6, 6.07) is 8.07. The Kier molecular flexibility index (Phi) is 3.98. The molecule has 2 aromatic rings.